The number of rotatable bonds is 8. The summed E-state index contributed by atoms with van der Waals surface area (Å²) in [5.41, 5.74) is 5.42. The van der Waals surface area contributed by atoms with Gasteiger partial charge in [-0.15, -0.1) is 0 Å². The van der Waals surface area contributed by atoms with Crippen LogP contribution in [0.15, 0.2) is 0 Å². The molecule has 0 aliphatic rings. The van der Waals surface area contributed by atoms with Gasteiger partial charge in [-0.1, -0.05) is 27.2 Å². The molecule has 16 heavy (non-hydrogen) atoms. The number of hydrogen-bond donors (Lipinski definition) is 2. The predicted molar refractivity (Wildman–Crippen MR) is 70.5 cm³/mol. The zero-order valence-electron chi connectivity index (χ0n) is 11.7. The Hall–Kier alpha value is -0.120. The maximum absolute atomic E-state index is 9.85. The lowest BCUT2D eigenvalue weighted by atomic mass is 9.85. The van der Waals surface area contributed by atoms with Crippen LogP contribution in [0.5, 0.6) is 0 Å². The van der Waals surface area contributed by atoms with Crippen molar-refractivity contribution in [2.75, 3.05) is 26.2 Å². The van der Waals surface area contributed by atoms with E-state index in [-0.39, 0.29) is 5.41 Å². The van der Waals surface area contributed by atoms with Gasteiger partial charge in [-0.25, -0.2) is 0 Å². The molecule has 3 heteroatoms. The first kappa shape index (κ1) is 15.9. The smallest absolute Gasteiger partial charge is 0.0718 e. The van der Waals surface area contributed by atoms with Crippen LogP contribution in [0.25, 0.3) is 0 Å². The van der Waals surface area contributed by atoms with Gasteiger partial charge >= 0.3 is 0 Å². The summed E-state index contributed by atoms with van der Waals surface area (Å²) in [6.45, 7) is 13.6. The van der Waals surface area contributed by atoms with Gasteiger partial charge in [0.05, 0.1) is 5.60 Å². The van der Waals surface area contributed by atoms with E-state index in [0.717, 1.165) is 25.9 Å². The molecule has 0 saturated carbocycles. The summed E-state index contributed by atoms with van der Waals surface area (Å²) in [4.78, 5) is 2.29. The van der Waals surface area contributed by atoms with E-state index in [1.54, 1.807) is 0 Å². The molecule has 0 radical (unpaired) electrons. The predicted octanol–water partition coefficient (Wildman–Crippen LogP) is 1.84. The van der Waals surface area contributed by atoms with Crippen molar-refractivity contribution in [3.05, 3.63) is 0 Å². The second-order valence-corrected chi connectivity index (χ2v) is 5.88. The summed E-state index contributed by atoms with van der Waals surface area (Å²) in [5.74, 6) is 0. The molecule has 0 rings (SSSR count). The lowest BCUT2D eigenvalue weighted by Gasteiger charge is -2.36. The second-order valence-electron chi connectivity index (χ2n) is 5.88. The van der Waals surface area contributed by atoms with Crippen LogP contribution < -0.4 is 5.73 Å². The molecule has 98 valence electrons. The van der Waals surface area contributed by atoms with Crippen LogP contribution in [0, 0.1) is 5.41 Å². The first-order chi connectivity index (χ1) is 7.26. The van der Waals surface area contributed by atoms with E-state index in [1.165, 1.54) is 0 Å². The van der Waals surface area contributed by atoms with Gasteiger partial charge in [0.2, 0.25) is 0 Å². The van der Waals surface area contributed by atoms with Crippen molar-refractivity contribution >= 4 is 0 Å². The van der Waals surface area contributed by atoms with E-state index in [2.05, 4.69) is 25.7 Å². The zero-order chi connectivity index (χ0) is 12.8. The van der Waals surface area contributed by atoms with Gasteiger partial charge in [-0.2, -0.15) is 0 Å². The molecular formula is C13H30N2O. The summed E-state index contributed by atoms with van der Waals surface area (Å²) in [6, 6.07) is 0. The summed E-state index contributed by atoms with van der Waals surface area (Å²) >= 11 is 0. The van der Waals surface area contributed by atoms with Crippen LogP contribution in [0.1, 0.15) is 47.5 Å². The molecule has 0 aromatic heterocycles. The van der Waals surface area contributed by atoms with E-state index in [1.807, 2.05) is 13.8 Å². The molecule has 1 unspecified atom stereocenters. The Kier molecular flexibility index (Phi) is 6.53. The topological polar surface area (TPSA) is 49.5 Å². The van der Waals surface area contributed by atoms with Gasteiger partial charge in [0, 0.05) is 13.1 Å². The molecular weight excluding hydrogens is 200 g/mol. The quantitative estimate of drug-likeness (QED) is 0.669. The monoisotopic (exact) mass is 230 g/mol. The molecule has 0 saturated heterocycles. The van der Waals surface area contributed by atoms with E-state index >= 15 is 0 Å². The van der Waals surface area contributed by atoms with E-state index in [0.29, 0.717) is 13.1 Å². The number of hydrogen-bond acceptors (Lipinski definition) is 3. The van der Waals surface area contributed by atoms with Crippen molar-refractivity contribution in [2.24, 2.45) is 11.1 Å². The number of likely N-dealkylation sites (N-methyl/N-ethyl adjacent to an activating group) is 1. The highest BCUT2D eigenvalue weighted by molar-refractivity contribution is 4.81. The Morgan fingerprint density at radius 2 is 1.69 bits per heavy atom. The van der Waals surface area contributed by atoms with Crippen molar-refractivity contribution in [1.29, 1.82) is 0 Å². The van der Waals surface area contributed by atoms with Gasteiger partial charge < -0.3 is 15.7 Å². The molecule has 0 aromatic rings. The minimum Gasteiger partial charge on any atom is -0.389 e. The first-order valence-corrected chi connectivity index (χ1v) is 6.41. The zero-order valence-corrected chi connectivity index (χ0v) is 11.7. The Morgan fingerprint density at radius 3 is 2.00 bits per heavy atom. The molecule has 0 bridgehead atoms. The molecule has 0 spiro atoms. The summed E-state index contributed by atoms with van der Waals surface area (Å²) in [5, 5.41) is 9.85. The second kappa shape index (κ2) is 6.58. The maximum Gasteiger partial charge on any atom is 0.0718 e. The Balaban J connectivity index is 4.38. The van der Waals surface area contributed by atoms with E-state index < -0.39 is 5.60 Å². The fourth-order valence-electron chi connectivity index (χ4n) is 2.22. The standard InChI is InChI=1S/C13H30N2O/c1-6-8-13(5,9-14)11-15(7-2)10-12(3,4)16/h16H,6-11,14H2,1-5H3. The molecule has 3 nitrogen and oxygen atoms in total. The SMILES string of the molecule is CCCC(C)(CN)CN(CC)CC(C)(C)O. The van der Waals surface area contributed by atoms with E-state index in [4.69, 9.17) is 5.73 Å². The van der Waals surface area contributed by atoms with Crippen molar-refractivity contribution < 1.29 is 5.11 Å². The van der Waals surface area contributed by atoms with Crippen molar-refractivity contribution in [1.82, 2.24) is 4.90 Å². The van der Waals surface area contributed by atoms with Crippen LogP contribution in [0.3, 0.4) is 0 Å². The van der Waals surface area contributed by atoms with Crippen molar-refractivity contribution in [3.8, 4) is 0 Å². The van der Waals surface area contributed by atoms with Gasteiger partial charge in [-0.05, 0) is 38.8 Å². The average molecular weight is 230 g/mol. The third-order valence-electron chi connectivity index (χ3n) is 3.01. The number of nitrogens with zero attached hydrogens (tertiary/aromatic N) is 1. The number of aliphatic hydroxyl groups is 1. The maximum atomic E-state index is 9.85. The summed E-state index contributed by atoms with van der Waals surface area (Å²) in [6.07, 6.45) is 2.31. The van der Waals surface area contributed by atoms with Crippen LogP contribution in [0.4, 0.5) is 0 Å². The normalized spacial score (nSPS) is 16.5. The van der Waals surface area contributed by atoms with Gasteiger partial charge in [0.15, 0.2) is 0 Å². The molecule has 1 atom stereocenters. The molecule has 0 fully saturated rings. The molecule has 0 aromatic carbocycles. The molecule has 0 aliphatic heterocycles. The number of nitrogens with two attached hydrogens (primary N) is 1. The fraction of sp³-hybridized carbons (Fsp3) is 1.00. The molecule has 0 aliphatic carbocycles. The fourth-order valence-corrected chi connectivity index (χ4v) is 2.22. The van der Waals surface area contributed by atoms with Gasteiger partial charge in [0.25, 0.3) is 0 Å². The molecule has 0 heterocycles. The van der Waals surface area contributed by atoms with Crippen LogP contribution >= 0.6 is 0 Å². The minimum atomic E-state index is -0.627. The minimum absolute atomic E-state index is 0.177. The largest absolute Gasteiger partial charge is 0.389 e. The Labute approximate surface area is 101 Å². The first-order valence-electron chi connectivity index (χ1n) is 6.41. The van der Waals surface area contributed by atoms with Crippen LogP contribution in [-0.4, -0.2) is 41.8 Å². The van der Waals surface area contributed by atoms with Gasteiger partial charge in [-0.3, -0.25) is 0 Å². The summed E-state index contributed by atoms with van der Waals surface area (Å²) in [7, 11) is 0. The molecule has 0 amide bonds. The third kappa shape index (κ3) is 6.46. The van der Waals surface area contributed by atoms with Crippen LogP contribution in [0.2, 0.25) is 0 Å². The van der Waals surface area contributed by atoms with Crippen molar-refractivity contribution in [2.45, 2.75) is 53.1 Å². The highest BCUT2D eigenvalue weighted by Crippen LogP contribution is 2.23. The summed E-state index contributed by atoms with van der Waals surface area (Å²) < 4.78 is 0. The molecule has 3 N–H and O–H groups in total. The highest BCUT2D eigenvalue weighted by Gasteiger charge is 2.26. The van der Waals surface area contributed by atoms with Gasteiger partial charge in [0.1, 0.15) is 0 Å². The lowest BCUT2D eigenvalue weighted by molar-refractivity contribution is 0.0236. The highest BCUT2D eigenvalue weighted by atomic mass is 16.3. The van der Waals surface area contributed by atoms with Crippen molar-refractivity contribution in [3.63, 3.8) is 0 Å². The lowest BCUT2D eigenvalue weighted by Crippen LogP contribution is -2.46. The average Bonchev–Trinajstić information content (AvgIpc) is 2.15. The Bertz CT molecular complexity index is 189. The third-order valence-corrected chi connectivity index (χ3v) is 3.01. The van der Waals surface area contributed by atoms with E-state index in [9.17, 15) is 5.11 Å². The Morgan fingerprint density at radius 1 is 1.12 bits per heavy atom. The van der Waals surface area contributed by atoms with Crippen LogP contribution in [-0.2, 0) is 0 Å².